The monoisotopic (exact) mass is 281 g/mol. The van der Waals surface area contributed by atoms with Crippen LogP contribution in [0.5, 0.6) is 0 Å². The summed E-state index contributed by atoms with van der Waals surface area (Å²) in [6, 6.07) is 0. The molecule has 2 heterocycles. The molecule has 0 aliphatic rings. The number of hydrogen-bond donors (Lipinski definition) is 3. The first kappa shape index (κ1) is 13.3. The number of carbonyl (C=O) groups is 1. The predicted octanol–water partition coefficient (Wildman–Crippen LogP) is 0.179. The molecule has 8 nitrogen and oxygen atoms in total. The van der Waals surface area contributed by atoms with E-state index in [9.17, 15) is 4.79 Å². The van der Waals surface area contributed by atoms with Crippen LogP contribution in [-0.2, 0) is 6.54 Å². The van der Waals surface area contributed by atoms with Gasteiger partial charge in [-0.15, -0.1) is 5.10 Å². The van der Waals surface area contributed by atoms with Gasteiger partial charge >= 0.3 is 0 Å². The fourth-order valence-corrected chi connectivity index (χ4v) is 2.23. The molecule has 4 N–H and O–H groups in total. The van der Waals surface area contributed by atoms with Crippen molar-refractivity contribution < 1.29 is 4.79 Å². The maximum Gasteiger partial charge on any atom is 0.265 e. The number of nitrogens with two attached hydrogens (primary N) is 1. The summed E-state index contributed by atoms with van der Waals surface area (Å²) < 4.78 is 1.71. The topological polar surface area (TPSA) is 111 Å². The van der Waals surface area contributed by atoms with Crippen molar-refractivity contribution in [2.45, 2.75) is 13.0 Å². The number of nitrogens with zero attached hydrogens (tertiary/aromatic N) is 4. The van der Waals surface area contributed by atoms with E-state index in [1.807, 2.05) is 0 Å². The van der Waals surface area contributed by atoms with E-state index >= 15 is 0 Å². The molecular formula is C10H15N7OS. The maximum atomic E-state index is 11.9. The largest absolute Gasteiger partial charge is 0.382 e. The van der Waals surface area contributed by atoms with Crippen LogP contribution in [-0.4, -0.2) is 39.5 Å². The van der Waals surface area contributed by atoms with Gasteiger partial charge in [0.05, 0.1) is 6.20 Å². The second-order valence-corrected chi connectivity index (χ2v) is 4.76. The van der Waals surface area contributed by atoms with Crippen LogP contribution in [0.25, 0.3) is 0 Å². The summed E-state index contributed by atoms with van der Waals surface area (Å²) in [5.41, 5.74) is 5.68. The highest BCUT2D eigenvalue weighted by atomic mass is 32.1. The lowest BCUT2D eigenvalue weighted by molar-refractivity contribution is 0.0957. The number of aryl methyl sites for hydroxylation is 1. The number of thiazole rings is 1. The summed E-state index contributed by atoms with van der Waals surface area (Å²) in [6.07, 6.45) is 4.17. The predicted molar refractivity (Wildman–Crippen MR) is 73.0 cm³/mol. The Balaban J connectivity index is 1.79. The van der Waals surface area contributed by atoms with Gasteiger partial charge in [-0.1, -0.05) is 16.6 Å². The van der Waals surface area contributed by atoms with Crippen LogP contribution in [0.2, 0.25) is 0 Å². The molecule has 0 bridgehead atoms. The number of carbonyl (C=O) groups excluding carboxylic acids is 1. The van der Waals surface area contributed by atoms with Crippen LogP contribution in [0, 0.1) is 0 Å². The normalized spacial score (nSPS) is 10.4. The number of amides is 1. The molecule has 0 atom stereocenters. The van der Waals surface area contributed by atoms with Gasteiger partial charge in [-0.25, -0.2) is 4.98 Å². The van der Waals surface area contributed by atoms with Gasteiger partial charge in [-0.3, -0.25) is 9.48 Å². The van der Waals surface area contributed by atoms with E-state index in [1.54, 1.807) is 24.1 Å². The second-order valence-electron chi connectivity index (χ2n) is 3.76. The standard InChI is InChI=1S/C10H15N7OS/c1-12-10-15-8(11)7(19-10)9(18)13-3-2-5-17-6-4-14-16-17/h4,6H,2-3,5,11H2,1H3,(H,12,15)(H,13,18). The molecule has 0 unspecified atom stereocenters. The second kappa shape index (κ2) is 6.14. The molecule has 0 aliphatic carbocycles. The Morgan fingerprint density at radius 3 is 3.05 bits per heavy atom. The van der Waals surface area contributed by atoms with Crippen molar-refractivity contribution in [2.24, 2.45) is 0 Å². The summed E-state index contributed by atoms with van der Waals surface area (Å²) in [6.45, 7) is 1.26. The Morgan fingerprint density at radius 1 is 1.58 bits per heavy atom. The first-order valence-electron chi connectivity index (χ1n) is 5.77. The average molecular weight is 281 g/mol. The average Bonchev–Trinajstić information content (AvgIpc) is 3.03. The highest BCUT2D eigenvalue weighted by molar-refractivity contribution is 7.18. The zero-order valence-electron chi connectivity index (χ0n) is 10.5. The third-order valence-electron chi connectivity index (χ3n) is 2.39. The van der Waals surface area contributed by atoms with Crippen molar-refractivity contribution >= 4 is 28.2 Å². The molecule has 2 aromatic rings. The Morgan fingerprint density at radius 2 is 2.42 bits per heavy atom. The molecule has 0 spiro atoms. The molecule has 1 amide bonds. The first-order valence-corrected chi connectivity index (χ1v) is 6.58. The first-order chi connectivity index (χ1) is 9.20. The van der Waals surface area contributed by atoms with Gasteiger partial charge in [-0.05, 0) is 6.42 Å². The van der Waals surface area contributed by atoms with Crippen molar-refractivity contribution in [2.75, 3.05) is 24.6 Å². The number of nitrogens with one attached hydrogen (secondary N) is 2. The summed E-state index contributed by atoms with van der Waals surface area (Å²) in [5, 5.41) is 13.8. The van der Waals surface area contributed by atoms with E-state index in [1.165, 1.54) is 11.3 Å². The molecule has 0 saturated carbocycles. The van der Waals surface area contributed by atoms with E-state index in [0.717, 1.165) is 6.42 Å². The quantitative estimate of drug-likeness (QED) is 0.651. The molecule has 102 valence electrons. The van der Waals surface area contributed by atoms with Crippen molar-refractivity contribution in [1.29, 1.82) is 0 Å². The summed E-state index contributed by atoms with van der Waals surface area (Å²) in [7, 11) is 1.73. The number of hydrogen-bond acceptors (Lipinski definition) is 7. The third-order valence-corrected chi connectivity index (χ3v) is 3.48. The highest BCUT2D eigenvalue weighted by Crippen LogP contribution is 2.23. The number of rotatable bonds is 6. The minimum Gasteiger partial charge on any atom is -0.382 e. The molecule has 0 fully saturated rings. The van der Waals surface area contributed by atoms with Crippen molar-refractivity contribution in [1.82, 2.24) is 25.3 Å². The lowest BCUT2D eigenvalue weighted by Crippen LogP contribution is -2.25. The molecule has 0 radical (unpaired) electrons. The minimum absolute atomic E-state index is 0.199. The Labute approximate surface area is 114 Å². The molecule has 0 aromatic carbocycles. The zero-order chi connectivity index (χ0) is 13.7. The van der Waals surface area contributed by atoms with Crippen LogP contribution >= 0.6 is 11.3 Å². The Kier molecular flexibility index (Phi) is 4.29. The molecule has 2 aromatic heterocycles. The van der Waals surface area contributed by atoms with Crippen LogP contribution in [0.15, 0.2) is 12.4 Å². The van der Waals surface area contributed by atoms with E-state index in [-0.39, 0.29) is 11.7 Å². The van der Waals surface area contributed by atoms with Crippen LogP contribution in [0.4, 0.5) is 10.9 Å². The Bertz CT molecular complexity index is 536. The lowest BCUT2D eigenvalue weighted by atomic mass is 10.4. The molecule has 0 aliphatic heterocycles. The van der Waals surface area contributed by atoms with Gasteiger partial charge in [0.2, 0.25) is 0 Å². The van der Waals surface area contributed by atoms with E-state index in [2.05, 4.69) is 25.9 Å². The van der Waals surface area contributed by atoms with Gasteiger partial charge < -0.3 is 16.4 Å². The smallest absolute Gasteiger partial charge is 0.265 e. The maximum absolute atomic E-state index is 11.9. The van der Waals surface area contributed by atoms with Gasteiger partial charge in [0.15, 0.2) is 5.13 Å². The molecule has 19 heavy (non-hydrogen) atoms. The minimum atomic E-state index is -0.199. The fourth-order valence-electron chi connectivity index (χ4n) is 1.48. The van der Waals surface area contributed by atoms with E-state index < -0.39 is 0 Å². The van der Waals surface area contributed by atoms with E-state index in [4.69, 9.17) is 5.73 Å². The number of aromatic nitrogens is 4. The third kappa shape index (κ3) is 3.41. The molecule has 0 saturated heterocycles. The van der Waals surface area contributed by atoms with Crippen molar-refractivity contribution in [3.8, 4) is 0 Å². The van der Waals surface area contributed by atoms with Crippen LogP contribution in [0.3, 0.4) is 0 Å². The summed E-state index contributed by atoms with van der Waals surface area (Å²) in [4.78, 5) is 16.3. The van der Waals surface area contributed by atoms with Crippen LogP contribution in [0.1, 0.15) is 16.1 Å². The van der Waals surface area contributed by atoms with Crippen molar-refractivity contribution in [3.05, 3.63) is 17.3 Å². The molecule has 2 rings (SSSR count). The van der Waals surface area contributed by atoms with E-state index in [0.29, 0.717) is 23.1 Å². The van der Waals surface area contributed by atoms with Gasteiger partial charge in [0, 0.05) is 26.3 Å². The number of anilines is 2. The fraction of sp³-hybridized carbons (Fsp3) is 0.400. The summed E-state index contributed by atoms with van der Waals surface area (Å²) in [5.74, 6) is 0.0539. The summed E-state index contributed by atoms with van der Waals surface area (Å²) >= 11 is 1.24. The number of nitrogen functional groups attached to an aromatic ring is 1. The van der Waals surface area contributed by atoms with Crippen molar-refractivity contribution in [3.63, 3.8) is 0 Å². The van der Waals surface area contributed by atoms with Crippen LogP contribution < -0.4 is 16.4 Å². The molecular weight excluding hydrogens is 266 g/mol. The van der Waals surface area contributed by atoms with Gasteiger partial charge in [-0.2, -0.15) is 0 Å². The lowest BCUT2D eigenvalue weighted by Gasteiger charge is -2.03. The Hall–Kier alpha value is -2.16. The zero-order valence-corrected chi connectivity index (χ0v) is 11.3. The van der Waals surface area contributed by atoms with Gasteiger partial charge in [0.25, 0.3) is 5.91 Å². The highest BCUT2D eigenvalue weighted by Gasteiger charge is 2.14. The SMILES string of the molecule is CNc1nc(N)c(C(=O)NCCCn2ccnn2)s1. The molecule has 9 heteroatoms. The van der Waals surface area contributed by atoms with Gasteiger partial charge in [0.1, 0.15) is 10.7 Å².